The molecule has 7 heteroatoms. The number of benzene rings is 2. The first-order valence-electron chi connectivity index (χ1n) is 10.1. The summed E-state index contributed by atoms with van der Waals surface area (Å²) in [5.41, 5.74) is 2.20. The Labute approximate surface area is 188 Å². The molecule has 1 saturated heterocycles. The van der Waals surface area contributed by atoms with Crippen molar-refractivity contribution in [3.63, 3.8) is 0 Å². The van der Waals surface area contributed by atoms with Gasteiger partial charge in [-0.1, -0.05) is 53.5 Å². The Morgan fingerprint density at radius 1 is 1.06 bits per heavy atom. The molecule has 0 aromatic heterocycles. The molecule has 164 valence electrons. The maximum absolute atomic E-state index is 12.5. The second kappa shape index (κ2) is 10.2. The molecule has 32 heavy (non-hydrogen) atoms. The maximum Gasteiger partial charge on any atom is 0.328 e. The Morgan fingerprint density at radius 3 is 2.31 bits per heavy atom. The lowest BCUT2D eigenvalue weighted by Crippen LogP contribution is -2.39. The van der Waals surface area contributed by atoms with Crippen LogP contribution in [0.3, 0.4) is 0 Å². The molecule has 1 heterocycles. The lowest BCUT2D eigenvalue weighted by molar-refractivity contribution is -0.148. The Balaban J connectivity index is 1.73. The quantitative estimate of drug-likeness (QED) is 0.529. The Morgan fingerprint density at radius 2 is 1.69 bits per heavy atom. The first kappa shape index (κ1) is 23.1. The number of nitrogens with zero attached hydrogens (tertiary/aromatic N) is 1. The molecule has 0 spiro atoms. The number of rotatable bonds is 4. The van der Waals surface area contributed by atoms with Crippen LogP contribution in [0.5, 0.6) is 0 Å². The summed E-state index contributed by atoms with van der Waals surface area (Å²) in [7, 11) is -2.21. The number of sulfone groups is 1. The first-order valence-corrected chi connectivity index (χ1v) is 11.7. The van der Waals surface area contributed by atoms with Crippen LogP contribution in [-0.4, -0.2) is 50.6 Å². The number of hydrogen-bond donors (Lipinski definition) is 0. The molecular weight excluding hydrogens is 426 g/mol. The summed E-state index contributed by atoms with van der Waals surface area (Å²) in [5, 5.41) is 0. The second-order valence-electron chi connectivity index (χ2n) is 7.32. The minimum absolute atomic E-state index is 0.0994. The van der Waals surface area contributed by atoms with E-state index in [1.54, 1.807) is 48.5 Å². The number of amides is 1. The fourth-order valence-corrected chi connectivity index (χ4v) is 4.27. The Kier molecular flexibility index (Phi) is 7.35. The van der Waals surface area contributed by atoms with E-state index < -0.39 is 21.8 Å². The predicted molar refractivity (Wildman–Crippen MR) is 120 cm³/mol. The van der Waals surface area contributed by atoms with Crippen LogP contribution in [0.4, 0.5) is 0 Å². The third kappa shape index (κ3) is 5.57. The highest BCUT2D eigenvalue weighted by molar-refractivity contribution is 7.91. The van der Waals surface area contributed by atoms with E-state index in [2.05, 4.69) is 23.7 Å². The zero-order valence-electron chi connectivity index (χ0n) is 17.9. The van der Waals surface area contributed by atoms with Crippen LogP contribution in [-0.2, 0) is 24.2 Å². The van der Waals surface area contributed by atoms with Crippen molar-refractivity contribution in [2.24, 2.45) is 0 Å². The van der Waals surface area contributed by atoms with Crippen molar-refractivity contribution in [3.8, 4) is 23.7 Å². The van der Waals surface area contributed by atoms with Crippen LogP contribution < -0.4 is 0 Å². The van der Waals surface area contributed by atoms with Gasteiger partial charge in [0.2, 0.25) is 5.91 Å². The molecular formula is C25H23NO5S. The van der Waals surface area contributed by atoms with E-state index in [9.17, 15) is 18.0 Å². The number of carbonyl (C=O) groups excluding carboxylic acids is 2. The molecule has 1 atom stereocenters. The van der Waals surface area contributed by atoms with E-state index in [0.29, 0.717) is 24.0 Å². The highest BCUT2D eigenvalue weighted by Crippen LogP contribution is 2.19. The SMILES string of the molecule is COC(=O)[C@@H]1CCC(=O)N1CC#Cc1ccccc1C#CCS(=O)(=O)c1ccc(C)cc1. The minimum Gasteiger partial charge on any atom is -0.467 e. The number of carbonyl (C=O) groups is 2. The molecule has 0 N–H and O–H groups in total. The van der Waals surface area contributed by atoms with Crippen molar-refractivity contribution in [1.29, 1.82) is 0 Å². The molecule has 1 fully saturated rings. The highest BCUT2D eigenvalue weighted by atomic mass is 32.2. The van der Waals surface area contributed by atoms with Crippen LogP contribution in [0.25, 0.3) is 0 Å². The lowest BCUT2D eigenvalue weighted by atomic mass is 10.1. The van der Waals surface area contributed by atoms with Gasteiger partial charge in [-0.25, -0.2) is 13.2 Å². The summed E-state index contributed by atoms with van der Waals surface area (Å²) in [5.74, 6) is 10.6. The van der Waals surface area contributed by atoms with Crippen LogP contribution in [0.15, 0.2) is 53.4 Å². The fourth-order valence-electron chi connectivity index (χ4n) is 3.29. The van der Waals surface area contributed by atoms with Crippen molar-refractivity contribution < 1.29 is 22.7 Å². The topological polar surface area (TPSA) is 80.8 Å². The van der Waals surface area contributed by atoms with Crippen molar-refractivity contribution in [3.05, 3.63) is 65.2 Å². The molecule has 1 aliphatic rings. The Hall–Kier alpha value is -3.55. The molecule has 0 bridgehead atoms. The van der Waals surface area contributed by atoms with E-state index in [0.717, 1.165) is 5.56 Å². The normalized spacial score (nSPS) is 15.4. The number of likely N-dealkylation sites (tertiary alicyclic amines) is 1. The van der Waals surface area contributed by atoms with Crippen molar-refractivity contribution in [2.45, 2.75) is 30.7 Å². The molecule has 2 aromatic carbocycles. The van der Waals surface area contributed by atoms with Gasteiger partial charge in [0.15, 0.2) is 9.84 Å². The van der Waals surface area contributed by atoms with E-state index in [1.807, 2.05) is 6.92 Å². The zero-order valence-corrected chi connectivity index (χ0v) is 18.7. The van der Waals surface area contributed by atoms with Gasteiger partial charge in [-0.2, -0.15) is 0 Å². The van der Waals surface area contributed by atoms with Gasteiger partial charge < -0.3 is 9.64 Å². The molecule has 0 aliphatic carbocycles. The van der Waals surface area contributed by atoms with E-state index in [1.165, 1.54) is 12.0 Å². The van der Waals surface area contributed by atoms with Crippen LogP contribution in [0.1, 0.15) is 29.5 Å². The van der Waals surface area contributed by atoms with Gasteiger partial charge in [-0.15, -0.1) is 0 Å². The number of aryl methyl sites for hydroxylation is 1. The minimum atomic E-state index is -3.51. The van der Waals surface area contributed by atoms with Gasteiger partial charge in [0.1, 0.15) is 11.8 Å². The average molecular weight is 450 g/mol. The van der Waals surface area contributed by atoms with Crippen molar-refractivity contribution >= 4 is 21.7 Å². The lowest BCUT2D eigenvalue weighted by Gasteiger charge is -2.19. The predicted octanol–water partition coefficient (Wildman–Crippen LogP) is 2.34. The summed E-state index contributed by atoms with van der Waals surface area (Å²) >= 11 is 0. The van der Waals surface area contributed by atoms with Crippen molar-refractivity contribution in [2.75, 3.05) is 19.4 Å². The van der Waals surface area contributed by atoms with E-state index in [4.69, 9.17) is 4.74 Å². The van der Waals surface area contributed by atoms with Gasteiger partial charge in [0.05, 0.1) is 18.6 Å². The van der Waals surface area contributed by atoms with Gasteiger partial charge >= 0.3 is 5.97 Å². The molecule has 6 nitrogen and oxygen atoms in total. The molecule has 0 radical (unpaired) electrons. The second-order valence-corrected chi connectivity index (χ2v) is 9.31. The van der Waals surface area contributed by atoms with Crippen LogP contribution in [0, 0.1) is 30.6 Å². The first-order chi connectivity index (χ1) is 15.3. The number of ether oxygens (including phenoxy) is 1. The molecule has 0 unspecified atom stereocenters. The van der Waals surface area contributed by atoms with E-state index in [-0.39, 0.29) is 23.1 Å². The zero-order chi connectivity index (χ0) is 23.1. The smallest absolute Gasteiger partial charge is 0.328 e. The molecule has 2 aromatic rings. The summed E-state index contributed by atoms with van der Waals surface area (Å²) < 4.78 is 29.7. The summed E-state index contributed by atoms with van der Waals surface area (Å²) in [4.78, 5) is 25.6. The summed E-state index contributed by atoms with van der Waals surface area (Å²) in [6, 6.07) is 13.2. The molecule has 3 rings (SSSR count). The molecule has 1 aliphatic heterocycles. The number of methoxy groups -OCH3 is 1. The number of esters is 1. The van der Waals surface area contributed by atoms with Gasteiger partial charge in [0.25, 0.3) is 0 Å². The van der Waals surface area contributed by atoms with E-state index >= 15 is 0 Å². The fraction of sp³-hybridized carbons (Fsp3) is 0.280. The average Bonchev–Trinajstić information content (AvgIpc) is 3.15. The molecule has 1 amide bonds. The van der Waals surface area contributed by atoms with Gasteiger partial charge in [0, 0.05) is 17.5 Å². The number of hydrogen-bond acceptors (Lipinski definition) is 5. The van der Waals surface area contributed by atoms with Crippen LogP contribution >= 0.6 is 0 Å². The van der Waals surface area contributed by atoms with Crippen LogP contribution in [0.2, 0.25) is 0 Å². The standard InChI is InChI=1S/C25H23NO5S/c1-19-11-13-22(14-12-19)32(29,30)18-6-10-21-8-4-3-7-20(21)9-5-17-26-23(25(28)31-2)15-16-24(26)27/h3-4,7-8,11-14,23H,15-18H2,1-2H3/t23-/m0/s1. The maximum atomic E-state index is 12.5. The third-order valence-electron chi connectivity index (χ3n) is 5.07. The summed E-state index contributed by atoms with van der Waals surface area (Å²) in [6.07, 6.45) is 0.712. The highest BCUT2D eigenvalue weighted by Gasteiger charge is 2.36. The Bertz CT molecular complexity index is 1240. The van der Waals surface area contributed by atoms with Gasteiger partial charge in [-0.3, -0.25) is 4.79 Å². The largest absolute Gasteiger partial charge is 0.467 e. The van der Waals surface area contributed by atoms with Crippen molar-refractivity contribution in [1.82, 2.24) is 4.90 Å². The monoisotopic (exact) mass is 449 g/mol. The third-order valence-corrected chi connectivity index (χ3v) is 6.58. The summed E-state index contributed by atoms with van der Waals surface area (Å²) in [6.45, 7) is 1.99. The molecule has 0 saturated carbocycles. The van der Waals surface area contributed by atoms with Gasteiger partial charge in [-0.05, 0) is 37.6 Å².